The van der Waals surface area contributed by atoms with Crippen molar-refractivity contribution in [3.05, 3.63) is 83.1 Å². The van der Waals surface area contributed by atoms with Gasteiger partial charge in [0.1, 0.15) is 17.1 Å². The molecule has 1 aliphatic rings. The number of amides is 4. The van der Waals surface area contributed by atoms with E-state index in [1.807, 2.05) is 13.0 Å². The predicted octanol–water partition coefficient (Wildman–Crippen LogP) is 4.10. The number of anilines is 1. The van der Waals surface area contributed by atoms with E-state index in [1.54, 1.807) is 61.5 Å². The summed E-state index contributed by atoms with van der Waals surface area (Å²) in [5, 5.41) is 2.19. The molecule has 3 aromatic rings. The summed E-state index contributed by atoms with van der Waals surface area (Å²) >= 11 is 0. The van der Waals surface area contributed by atoms with Crippen LogP contribution in [0, 0.1) is 6.92 Å². The highest BCUT2D eigenvalue weighted by molar-refractivity contribution is 6.39. The van der Waals surface area contributed by atoms with Crippen LogP contribution < -0.4 is 10.2 Å². The van der Waals surface area contributed by atoms with E-state index in [9.17, 15) is 19.2 Å². The maximum absolute atomic E-state index is 13.0. The number of furan rings is 1. The van der Waals surface area contributed by atoms with Crippen LogP contribution in [0.1, 0.15) is 28.6 Å². The second-order valence-electron chi connectivity index (χ2n) is 7.30. The molecule has 0 spiro atoms. The fourth-order valence-electron chi connectivity index (χ4n) is 3.37. The van der Waals surface area contributed by atoms with Crippen LogP contribution in [-0.2, 0) is 14.3 Å². The van der Waals surface area contributed by atoms with Gasteiger partial charge in [-0.1, -0.05) is 24.3 Å². The molecule has 4 amide bonds. The summed E-state index contributed by atoms with van der Waals surface area (Å²) in [5.41, 5.74) is 2.11. The molecule has 0 unspecified atom stereocenters. The van der Waals surface area contributed by atoms with Crippen molar-refractivity contribution in [2.24, 2.45) is 0 Å². The SMILES string of the molecule is CCOC(=O)c1ccc(-c2ccc(/C=C3\C(=O)NC(=O)N(c4cccc(C)c4)C3=O)o2)cc1. The van der Waals surface area contributed by atoms with Crippen molar-refractivity contribution in [3.8, 4) is 11.3 Å². The van der Waals surface area contributed by atoms with Crippen molar-refractivity contribution >= 4 is 35.6 Å². The molecule has 1 fully saturated rings. The maximum atomic E-state index is 13.0. The normalized spacial score (nSPS) is 15.0. The molecular formula is C25H20N2O6. The molecule has 1 aromatic heterocycles. The van der Waals surface area contributed by atoms with Crippen molar-refractivity contribution in [1.82, 2.24) is 5.32 Å². The van der Waals surface area contributed by atoms with Gasteiger partial charge in [-0.2, -0.15) is 0 Å². The van der Waals surface area contributed by atoms with Gasteiger partial charge in [-0.25, -0.2) is 14.5 Å². The number of carbonyl (C=O) groups is 4. The third-order valence-corrected chi connectivity index (χ3v) is 4.96. The highest BCUT2D eigenvalue weighted by Crippen LogP contribution is 2.26. The lowest BCUT2D eigenvalue weighted by atomic mass is 10.1. The molecule has 0 atom stereocenters. The topological polar surface area (TPSA) is 106 Å². The zero-order valence-electron chi connectivity index (χ0n) is 18.0. The Balaban J connectivity index is 1.60. The molecular weight excluding hydrogens is 424 g/mol. The van der Waals surface area contributed by atoms with E-state index in [0.29, 0.717) is 22.6 Å². The second kappa shape index (κ2) is 8.96. The summed E-state index contributed by atoms with van der Waals surface area (Å²) in [6.07, 6.45) is 1.30. The number of ether oxygens (including phenoxy) is 1. The molecule has 166 valence electrons. The Morgan fingerprint density at radius 2 is 1.82 bits per heavy atom. The van der Waals surface area contributed by atoms with Gasteiger partial charge in [0, 0.05) is 5.56 Å². The smallest absolute Gasteiger partial charge is 0.338 e. The van der Waals surface area contributed by atoms with Gasteiger partial charge in [0.2, 0.25) is 0 Å². The summed E-state index contributed by atoms with van der Waals surface area (Å²) in [5.74, 6) is -1.22. The minimum absolute atomic E-state index is 0.227. The molecule has 8 heteroatoms. The van der Waals surface area contributed by atoms with E-state index < -0.39 is 23.8 Å². The van der Waals surface area contributed by atoms with Gasteiger partial charge in [-0.3, -0.25) is 14.9 Å². The van der Waals surface area contributed by atoms with Crippen molar-refractivity contribution in [1.29, 1.82) is 0 Å². The van der Waals surface area contributed by atoms with E-state index in [2.05, 4.69) is 5.32 Å². The quantitative estimate of drug-likeness (QED) is 0.361. The van der Waals surface area contributed by atoms with Gasteiger partial charge in [-0.05, 0) is 61.9 Å². The molecule has 2 aromatic carbocycles. The Hall–Kier alpha value is -4.46. The van der Waals surface area contributed by atoms with Crippen LogP contribution in [-0.4, -0.2) is 30.4 Å². The highest BCUT2D eigenvalue weighted by Gasteiger charge is 2.37. The first-order chi connectivity index (χ1) is 15.9. The first-order valence-electron chi connectivity index (χ1n) is 10.2. The Morgan fingerprint density at radius 1 is 1.06 bits per heavy atom. The number of aryl methyl sites for hydroxylation is 1. The molecule has 8 nitrogen and oxygen atoms in total. The lowest BCUT2D eigenvalue weighted by Gasteiger charge is -2.26. The third kappa shape index (κ3) is 4.45. The van der Waals surface area contributed by atoms with Crippen molar-refractivity contribution in [3.63, 3.8) is 0 Å². The van der Waals surface area contributed by atoms with Crippen LogP contribution in [0.5, 0.6) is 0 Å². The predicted molar refractivity (Wildman–Crippen MR) is 120 cm³/mol. The Morgan fingerprint density at radius 3 is 2.52 bits per heavy atom. The Labute approximate surface area is 189 Å². The van der Waals surface area contributed by atoms with E-state index in [1.165, 1.54) is 6.08 Å². The molecule has 0 bridgehead atoms. The standard InChI is InChI=1S/C25H20N2O6/c1-3-32-24(30)17-9-7-16(8-10-17)21-12-11-19(33-21)14-20-22(28)26-25(31)27(23(20)29)18-6-4-5-15(2)13-18/h4-14H,3H2,1-2H3,(H,26,28,31)/b20-14+. The lowest BCUT2D eigenvalue weighted by molar-refractivity contribution is -0.122. The fraction of sp³-hybridized carbons (Fsp3) is 0.120. The first kappa shape index (κ1) is 21.8. The molecule has 1 saturated heterocycles. The lowest BCUT2D eigenvalue weighted by Crippen LogP contribution is -2.54. The van der Waals surface area contributed by atoms with Crippen LogP contribution in [0.25, 0.3) is 17.4 Å². The number of carbonyl (C=O) groups excluding carboxylic acids is 4. The van der Waals surface area contributed by atoms with Gasteiger partial charge >= 0.3 is 12.0 Å². The molecule has 4 rings (SSSR count). The zero-order chi connectivity index (χ0) is 23.5. The molecule has 0 aliphatic carbocycles. The number of imide groups is 2. The number of hydrogen-bond donors (Lipinski definition) is 1. The van der Waals surface area contributed by atoms with Crippen molar-refractivity contribution in [2.75, 3.05) is 11.5 Å². The fourth-order valence-corrected chi connectivity index (χ4v) is 3.37. The number of nitrogens with one attached hydrogen (secondary N) is 1. The van der Waals surface area contributed by atoms with Crippen molar-refractivity contribution in [2.45, 2.75) is 13.8 Å². The number of hydrogen-bond acceptors (Lipinski definition) is 6. The van der Waals surface area contributed by atoms with Gasteiger partial charge in [0.05, 0.1) is 17.9 Å². The average Bonchev–Trinajstić information content (AvgIpc) is 3.25. The summed E-state index contributed by atoms with van der Waals surface area (Å²) in [7, 11) is 0. The van der Waals surface area contributed by atoms with Crippen LogP contribution in [0.2, 0.25) is 0 Å². The second-order valence-corrected chi connectivity index (χ2v) is 7.30. The zero-order valence-corrected chi connectivity index (χ0v) is 18.0. The molecule has 2 heterocycles. The summed E-state index contributed by atoms with van der Waals surface area (Å²) in [6.45, 7) is 3.86. The Kier molecular flexibility index (Phi) is 5.91. The van der Waals surface area contributed by atoms with Gasteiger partial charge in [0.25, 0.3) is 11.8 Å². The molecule has 1 N–H and O–H groups in total. The molecule has 1 aliphatic heterocycles. The number of nitrogens with zero attached hydrogens (tertiary/aromatic N) is 1. The van der Waals surface area contributed by atoms with Crippen LogP contribution in [0.3, 0.4) is 0 Å². The van der Waals surface area contributed by atoms with E-state index in [0.717, 1.165) is 10.5 Å². The maximum Gasteiger partial charge on any atom is 0.338 e. The number of rotatable bonds is 5. The van der Waals surface area contributed by atoms with Crippen LogP contribution >= 0.6 is 0 Å². The number of esters is 1. The minimum Gasteiger partial charge on any atom is -0.462 e. The number of barbiturate groups is 1. The van der Waals surface area contributed by atoms with Gasteiger partial charge < -0.3 is 9.15 Å². The van der Waals surface area contributed by atoms with Gasteiger partial charge in [0.15, 0.2) is 0 Å². The van der Waals surface area contributed by atoms with E-state index in [4.69, 9.17) is 9.15 Å². The van der Waals surface area contributed by atoms with Crippen molar-refractivity contribution < 1.29 is 28.3 Å². The van der Waals surface area contributed by atoms with Gasteiger partial charge in [-0.15, -0.1) is 0 Å². The number of benzene rings is 2. The van der Waals surface area contributed by atoms with E-state index >= 15 is 0 Å². The largest absolute Gasteiger partial charge is 0.462 e. The van der Waals surface area contributed by atoms with E-state index in [-0.39, 0.29) is 17.9 Å². The first-order valence-corrected chi connectivity index (χ1v) is 10.2. The van der Waals surface area contributed by atoms with Crippen LogP contribution in [0.15, 0.2) is 70.7 Å². The summed E-state index contributed by atoms with van der Waals surface area (Å²) < 4.78 is 10.7. The molecule has 33 heavy (non-hydrogen) atoms. The summed E-state index contributed by atoms with van der Waals surface area (Å²) in [6, 6.07) is 16.0. The molecule has 0 radical (unpaired) electrons. The van der Waals surface area contributed by atoms with Crippen LogP contribution in [0.4, 0.5) is 10.5 Å². The third-order valence-electron chi connectivity index (χ3n) is 4.96. The highest BCUT2D eigenvalue weighted by atomic mass is 16.5. The average molecular weight is 444 g/mol. The Bertz CT molecular complexity index is 1290. The minimum atomic E-state index is -0.811. The number of urea groups is 1. The monoisotopic (exact) mass is 444 g/mol. The summed E-state index contributed by atoms with van der Waals surface area (Å²) in [4.78, 5) is 50.4. The molecule has 0 saturated carbocycles.